The number of H-pyrrole nitrogens is 1. The van der Waals surface area contributed by atoms with Crippen molar-refractivity contribution in [3.63, 3.8) is 0 Å². The lowest BCUT2D eigenvalue weighted by Gasteiger charge is -2.07. The zero-order valence-corrected chi connectivity index (χ0v) is 9.87. The summed E-state index contributed by atoms with van der Waals surface area (Å²) in [5, 5.41) is 10.3. The SMILES string of the molecule is O=C(c1c(O)[nH]c2ccc(F)cc12)C1CCCC1. The van der Waals surface area contributed by atoms with E-state index in [1.165, 1.54) is 18.2 Å². The number of aromatic amines is 1. The number of aromatic hydroxyl groups is 1. The summed E-state index contributed by atoms with van der Waals surface area (Å²) in [6.07, 6.45) is 3.82. The van der Waals surface area contributed by atoms with Crippen molar-refractivity contribution in [1.82, 2.24) is 4.98 Å². The predicted octanol–water partition coefficient (Wildman–Crippen LogP) is 3.39. The van der Waals surface area contributed by atoms with Crippen LogP contribution in [0.2, 0.25) is 0 Å². The highest BCUT2D eigenvalue weighted by molar-refractivity contribution is 6.11. The Hall–Kier alpha value is -1.84. The predicted molar refractivity (Wildman–Crippen MR) is 66.2 cm³/mol. The Bertz CT molecular complexity index is 612. The van der Waals surface area contributed by atoms with Crippen LogP contribution in [0.25, 0.3) is 10.9 Å². The van der Waals surface area contributed by atoms with Crippen molar-refractivity contribution in [2.75, 3.05) is 0 Å². The van der Waals surface area contributed by atoms with Gasteiger partial charge in [-0.1, -0.05) is 12.8 Å². The van der Waals surface area contributed by atoms with Crippen molar-refractivity contribution < 1.29 is 14.3 Å². The maximum Gasteiger partial charge on any atom is 0.200 e. The lowest BCUT2D eigenvalue weighted by molar-refractivity contribution is 0.0922. The van der Waals surface area contributed by atoms with Crippen LogP contribution in [-0.2, 0) is 0 Å². The molecule has 1 aromatic carbocycles. The lowest BCUT2D eigenvalue weighted by atomic mass is 9.95. The Morgan fingerprint density at radius 1 is 1.33 bits per heavy atom. The first-order valence-electron chi connectivity index (χ1n) is 6.21. The average Bonchev–Trinajstić information content (AvgIpc) is 2.94. The van der Waals surface area contributed by atoms with Gasteiger partial charge < -0.3 is 10.1 Å². The molecule has 0 aliphatic heterocycles. The molecule has 1 fully saturated rings. The second-order valence-corrected chi connectivity index (χ2v) is 4.88. The zero-order chi connectivity index (χ0) is 12.7. The van der Waals surface area contributed by atoms with Crippen LogP contribution in [0.5, 0.6) is 5.88 Å². The summed E-state index contributed by atoms with van der Waals surface area (Å²) in [6, 6.07) is 4.14. The molecule has 0 amide bonds. The van der Waals surface area contributed by atoms with Crippen molar-refractivity contribution in [3.8, 4) is 5.88 Å². The van der Waals surface area contributed by atoms with Crippen LogP contribution < -0.4 is 0 Å². The summed E-state index contributed by atoms with van der Waals surface area (Å²) in [5.74, 6) is -0.644. The summed E-state index contributed by atoms with van der Waals surface area (Å²) < 4.78 is 13.3. The highest BCUT2D eigenvalue weighted by Gasteiger charge is 2.28. The molecule has 0 spiro atoms. The zero-order valence-electron chi connectivity index (χ0n) is 9.87. The van der Waals surface area contributed by atoms with Crippen LogP contribution in [0.1, 0.15) is 36.0 Å². The van der Waals surface area contributed by atoms with Crippen molar-refractivity contribution in [2.24, 2.45) is 5.92 Å². The number of carbonyl (C=O) groups excluding carboxylic acids is 1. The van der Waals surface area contributed by atoms with Crippen LogP contribution in [0.3, 0.4) is 0 Å². The number of Topliss-reactive ketones (excluding diaryl/α,β-unsaturated/α-hetero) is 1. The molecule has 0 saturated heterocycles. The van der Waals surface area contributed by atoms with Gasteiger partial charge in [0.25, 0.3) is 0 Å². The van der Waals surface area contributed by atoms with Gasteiger partial charge in [0.1, 0.15) is 5.82 Å². The van der Waals surface area contributed by atoms with Gasteiger partial charge in [-0.3, -0.25) is 4.79 Å². The van der Waals surface area contributed by atoms with Crippen LogP contribution in [-0.4, -0.2) is 15.9 Å². The van der Waals surface area contributed by atoms with E-state index in [2.05, 4.69) is 4.98 Å². The molecule has 1 saturated carbocycles. The maximum atomic E-state index is 13.3. The van der Waals surface area contributed by atoms with Crippen molar-refractivity contribution in [3.05, 3.63) is 29.6 Å². The van der Waals surface area contributed by atoms with Crippen LogP contribution >= 0.6 is 0 Å². The Kier molecular flexibility index (Phi) is 2.58. The number of halogens is 1. The standard InChI is InChI=1S/C14H14FNO2/c15-9-5-6-11-10(7-9)12(14(18)16-11)13(17)8-3-1-2-4-8/h5-8,16,18H,1-4H2. The number of fused-ring (bicyclic) bond motifs is 1. The minimum absolute atomic E-state index is 0.0295. The van der Waals surface area contributed by atoms with Gasteiger partial charge in [-0.05, 0) is 31.0 Å². The van der Waals surface area contributed by atoms with Crippen molar-refractivity contribution in [1.29, 1.82) is 0 Å². The molecule has 3 rings (SSSR count). The van der Waals surface area contributed by atoms with Crippen LogP contribution in [0.15, 0.2) is 18.2 Å². The summed E-state index contributed by atoms with van der Waals surface area (Å²) in [6.45, 7) is 0. The van der Waals surface area contributed by atoms with Gasteiger partial charge >= 0.3 is 0 Å². The van der Waals surface area contributed by atoms with E-state index in [9.17, 15) is 14.3 Å². The van der Waals surface area contributed by atoms with E-state index in [0.717, 1.165) is 25.7 Å². The minimum Gasteiger partial charge on any atom is -0.494 e. The molecule has 94 valence electrons. The quantitative estimate of drug-likeness (QED) is 0.799. The number of benzene rings is 1. The molecular formula is C14H14FNO2. The fourth-order valence-electron chi connectivity index (χ4n) is 2.79. The largest absolute Gasteiger partial charge is 0.494 e. The molecule has 0 radical (unpaired) electrons. The van der Waals surface area contributed by atoms with Crippen LogP contribution in [0.4, 0.5) is 4.39 Å². The second-order valence-electron chi connectivity index (χ2n) is 4.88. The third kappa shape index (κ3) is 1.68. The van der Waals surface area contributed by atoms with Gasteiger partial charge in [0.15, 0.2) is 5.78 Å². The molecule has 1 aromatic heterocycles. The highest BCUT2D eigenvalue weighted by Crippen LogP contribution is 2.34. The van der Waals surface area contributed by atoms with Gasteiger partial charge in [-0.2, -0.15) is 0 Å². The topological polar surface area (TPSA) is 53.1 Å². The third-order valence-corrected chi connectivity index (χ3v) is 3.71. The molecule has 0 atom stereocenters. The number of carbonyl (C=O) groups is 1. The summed E-state index contributed by atoms with van der Waals surface area (Å²) in [7, 11) is 0. The normalized spacial score (nSPS) is 16.5. The van der Waals surface area contributed by atoms with Crippen molar-refractivity contribution in [2.45, 2.75) is 25.7 Å². The summed E-state index contributed by atoms with van der Waals surface area (Å²) in [4.78, 5) is 15.1. The monoisotopic (exact) mass is 247 g/mol. The molecular weight excluding hydrogens is 233 g/mol. The van der Waals surface area contributed by atoms with Crippen LogP contribution in [0, 0.1) is 11.7 Å². The van der Waals surface area contributed by atoms with E-state index in [1.807, 2.05) is 0 Å². The summed E-state index contributed by atoms with van der Waals surface area (Å²) >= 11 is 0. The van der Waals surface area contributed by atoms with E-state index < -0.39 is 5.82 Å². The fraction of sp³-hybridized carbons (Fsp3) is 0.357. The fourth-order valence-corrected chi connectivity index (χ4v) is 2.79. The number of ketones is 1. The highest BCUT2D eigenvalue weighted by atomic mass is 19.1. The molecule has 0 unspecified atom stereocenters. The average molecular weight is 247 g/mol. The van der Waals surface area contributed by atoms with Crippen molar-refractivity contribution >= 4 is 16.7 Å². The molecule has 18 heavy (non-hydrogen) atoms. The minimum atomic E-state index is -0.401. The lowest BCUT2D eigenvalue weighted by Crippen LogP contribution is -2.10. The molecule has 4 heteroatoms. The Balaban J connectivity index is 2.12. The van der Waals surface area contributed by atoms with Gasteiger partial charge in [0, 0.05) is 16.8 Å². The third-order valence-electron chi connectivity index (χ3n) is 3.71. The smallest absolute Gasteiger partial charge is 0.200 e. The first-order chi connectivity index (χ1) is 8.66. The van der Waals surface area contributed by atoms with Gasteiger partial charge in [0.2, 0.25) is 5.88 Å². The van der Waals surface area contributed by atoms with Gasteiger partial charge in [-0.25, -0.2) is 4.39 Å². The maximum absolute atomic E-state index is 13.3. The van der Waals surface area contributed by atoms with E-state index in [-0.39, 0.29) is 23.1 Å². The number of hydrogen-bond acceptors (Lipinski definition) is 2. The Morgan fingerprint density at radius 2 is 2.06 bits per heavy atom. The molecule has 0 bridgehead atoms. The Labute approximate surface area is 104 Å². The number of aromatic nitrogens is 1. The van der Waals surface area contributed by atoms with E-state index in [0.29, 0.717) is 10.9 Å². The molecule has 2 N–H and O–H groups in total. The Morgan fingerprint density at radius 3 is 2.78 bits per heavy atom. The second kappa shape index (κ2) is 4.12. The van der Waals surface area contributed by atoms with Gasteiger partial charge in [0.05, 0.1) is 5.56 Å². The summed E-state index contributed by atoms with van der Waals surface area (Å²) in [5.41, 5.74) is 0.839. The molecule has 3 nitrogen and oxygen atoms in total. The van der Waals surface area contributed by atoms with E-state index in [1.54, 1.807) is 0 Å². The van der Waals surface area contributed by atoms with E-state index in [4.69, 9.17) is 0 Å². The number of hydrogen-bond donors (Lipinski definition) is 2. The molecule has 1 aliphatic rings. The first-order valence-corrected chi connectivity index (χ1v) is 6.21. The number of nitrogens with one attached hydrogen (secondary N) is 1. The molecule has 1 aliphatic carbocycles. The molecule has 2 aromatic rings. The molecule has 1 heterocycles. The van der Waals surface area contributed by atoms with E-state index >= 15 is 0 Å². The first kappa shape index (κ1) is 11.3. The van der Waals surface area contributed by atoms with Gasteiger partial charge in [-0.15, -0.1) is 0 Å². The number of rotatable bonds is 2.